The lowest BCUT2D eigenvalue weighted by molar-refractivity contribution is -0.118. The molecule has 1 atom stereocenters. The number of nitrogens with one attached hydrogen (secondary N) is 1. The maximum Gasteiger partial charge on any atom is 0.297 e. The normalized spacial score (nSPS) is 13.9. The van der Waals surface area contributed by atoms with Crippen molar-refractivity contribution < 1.29 is 14.3 Å². The van der Waals surface area contributed by atoms with Crippen LogP contribution in [0, 0.1) is 0 Å². The van der Waals surface area contributed by atoms with Crippen molar-refractivity contribution in [3.05, 3.63) is 68.8 Å². The molecule has 0 aromatic heterocycles. The Kier molecular flexibility index (Phi) is 11.0. The summed E-state index contributed by atoms with van der Waals surface area (Å²) in [6.07, 6.45) is 0.0445. The van der Waals surface area contributed by atoms with E-state index in [4.69, 9.17) is 0 Å². The first-order chi connectivity index (χ1) is 17.4. The number of amides is 1. The lowest BCUT2D eigenvalue weighted by Crippen LogP contribution is -2.25. The van der Waals surface area contributed by atoms with E-state index in [0.717, 1.165) is 33.4 Å². The first-order valence-electron chi connectivity index (χ1n) is 14.4. The molecule has 0 saturated heterocycles. The fourth-order valence-electron chi connectivity index (χ4n) is 5.25. The molecule has 212 valence electrons. The molecular formula is C33H52NO3P. The summed E-state index contributed by atoms with van der Waals surface area (Å²) in [7, 11) is -3.98. The van der Waals surface area contributed by atoms with Crippen LogP contribution >= 0.6 is 7.52 Å². The Morgan fingerprint density at radius 3 is 1.24 bits per heavy atom. The lowest BCUT2D eigenvalue weighted by Gasteiger charge is -2.25. The summed E-state index contributed by atoms with van der Waals surface area (Å²) >= 11 is 0. The summed E-state index contributed by atoms with van der Waals surface area (Å²) in [5.41, 5.74) is 8.88. The van der Waals surface area contributed by atoms with Gasteiger partial charge in [0.05, 0.1) is 12.6 Å². The van der Waals surface area contributed by atoms with Crippen molar-refractivity contribution in [3.63, 3.8) is 0 Å². The summed E-state index contributed by atoms with van der Waals surface area (Å²) in [6.45, 7) is 25.8. The lowest BCUT2D eigenvalue weighted by atomic mass is 9.83. The number of hydrogen-bond acceptors (Lipinski definition) is 2. The fourth-order valence-corrected chi connectivity index (χ4v) is 6.59. The van der Waals surface area contributed by atoms with Crippen molar-refractivity contribution in [2.45, 2.75) is 131 Å². The Hall–Kier alpha value is -1.90. The summed E-state index contributed by atoms with van der Waals surface area (Å²) < 4.78 is 13.6. The van der Waals surface area contributed by atoms with Crippen LogP contribution in [0.25, 0.3) is 0 Å². The van der Waals surface area contributed by atoms with Crippen LogP contribution in [-0.4, -0.2) is 10.8 Å². The zero-order valence-corrected chi connectivity index (χ0v) is 26.8. The van der Waals surface area contributed by atoms with Gasteiger partial charge in [-0.15, -0.1) is 0 Å². The average Bonchev–Trinajstić information content (AvgIpc) is 2.77. The minimum atomic E-state index is -3.98. The largest absolute Gasteiger partial charge is 0.329 e. The topological polar surface area (TPSA) is 66.4 Å². The number of carbonyl (C=O) groups is 1. The van der Waals surface area contributed by atoms with Crippen molar-refractivity contribution in [3.8, 4) is 0 Å². The Morgan fingerprint density at radius 2 is 0.947 bits per heavy atom. The first-order valence-corrected chi connectivity index (χ1v) is 16.3. The molecule has 2 N–H and O–H groups in total. The van der Waals surface area contributed by atoms with Gasteiger partial charge < -0.3 is 4.89 Å². The molecule has 0 saturated carbocycles. The van der Waals surface area contributed by atoms with E-state index in [2.05, 4.69) is 112 Å². The molecule has 4 nitrogen and oxygen atoms in total. The van der Waals surface area contributed by atoms with E-state index in [0.29, 0.717) is 11.8 Å². The van der Waals surface area contributed by atoms with E-state index < -0.39 is 13.4 Å². The number of hydrogen-bond donors (Lipinski definition) is 2. The molecule has 5 heteroatoms. The summed E-state index contributed by atoms with van der Waals surface area (Å²) in [6, 6.07) is 8.78. The molecular weight excluding hydrogens is 489 g/mol. The summed E-state index contributed by atoms with van der Waals surface area (Å²) in [5, 5.41) is 2.56. The molecule has 1 unspecified atom stereocenters. The predicted octanol–water partition coefficient (Wildman–Crippen LogP) is 9.47. The molecule has 2 aromatic rings. The Morgan fingerprint density at radius 1 is 0.632 bits per heavy atom. The van der Waals surface area contributed by atoms with Crippen LogP contribution in [0.4, 0.5) is 0 Å². The van der Waals surface area contributed by atoms with Gasteiger partial charge in [-0.2, -0.15) is 0 Å². The van der Waals surface area contributed by atoms with E-state index >= 15 is 0 Å². The van der Waals surface area contributed by atoms with Crippen molar-refractivity contribution in [1.29, 1.82) is 0 Å². The molecule has 0 bridgehead atoms. The zero-order valence-electron chi connectivity index (χ0n) is 25.9. The third-order valence-corrected chi connectivity index (χ3v) is 8.86. The highest BCUT2D eigenvalue weighted by Crippen LogP contribution is 2.45. The maximum atomic E-state index is 13.6. The van der Waals surface area contributed by atoms with Gasteiger partial charge in [-0.1, -0.05) is 107 Å². The second-order valence-electron chi connectivity index (χ2n) is 12.9. The number of rotatable bonds is 11. The zero-order chi connectivity index (χ0) is 29.1. The summed E-state index contributed by atoms with van der Waals surface area (Å²) in [5.74, 6) is 1.27. The second kappa shape index (κ2) is 13.0. The minimum absolute atomic E-state index is 0.0570. The van der Waals surface area contributed by atoms with Gasteiger partial charge in [-0.05, 0) is 80.0 Å². The molecule has 38 heavy (non-hydrogen) atoms. The average molecular weight is 542 g/mol. The van der Waals surface area contributed by atoms with Crippen LogP contribution in [-0.2, 0) is 21.9 Å². The molecule has 0 fully saturated rings. The molecule has 1 amide bonds. The molecule has 0 spiro atoms. The van der Waals surface area contributed by atoms with Crippen LogP contribution in [0.5, 0.6) is 0 Å². The van der Waals surface area contributed by atoms with Gasteiger partial charge in [0, 0.05) is 0 Å². The Bertz CT molecular complexity index is 1120. The Balaban J connectivity index is 2.46. The Labute approximate surface area is 232 Å². The first kappa shape index (κ1) is 32.3. The molecule has 0 aliphatic heterocycles. The van der Waals surface area contributed by atoms with E-state index in [1.54, 1.807) is 0 Å². The van der Waals surface area contributed by atoms with Crippen molar-refractivity contribution >= 4 is 13.4 Å². The summed E-state index contributed by atoms with van der Waals surface area (Å²) in [4.78, 5) is 24.4. The van der Waals surface area contributed by atoms with E-state index in [9.17, 15) is 14.3 Å². The molecule has 0 heterocycles. The van der Waals surface area contributed by atoms with Gasteiger partial charge in [-0.3, -0.25) is 14.4 Å². The molecule has 0 radical (unpaired) electrons. The molecule has 2 rings (SSSR count). The third-order valence-electron chi connectivity index (χ3n) is 7.51. The number of carbonyl (C=O) groups excluding carboxylic acids is 1. The van der Waals surface area contributed by atoms with E-state index in [-0.39, 0.29) is 36.3 Å². The van der Waals surface area contributed by atoms with Gasteiger partial charge in [0.25, 0.3) is 7.52 Å². The SMILES string of the molecule is CC(C)c1cc(C(C)C)c(CC(=O)NP(=O)(O)Cc2c(C(C)C)cc(C(C)C)cc2C(C)C)c(C(C)C)c1. The van der Waals surface area contributed by atoms with Crippen LogP contribution < -0.4 is 5.09 Å². The minimum Gasteiger partial charge on any atom is -0.329 e. The van der Waals surface area contributed by atoms with Gasteiger partial charge in [-0.25, -0.2) is 0 Å². The van der Waals surface area contributed by atoms with Crippen LogP contribution in [0.15, 0.2) is 24.3 Å². The van der Waals surface area contributed by atoms with Gasteiger partial charge in [0.1, 0.15) is 0 Å². The van der Waals surface area contributed by atoms with Crippen molar-refractivity contribution in [2.75, 3.05) is 0 Å². The highest BCUT2D eigenvalue weighted by molar-refractivity contribution is 7.55. The highest BCUT2D eigenvalue weighted by atomic mass is 31.2. The van der Waals surface area contributed by atoms with Crippen LogP contribution in [0.2, 0.25) is 0 Å². The number of benzene rings is 2. The van der Waals surface area contributed by atoms with Gasteiger partial charge in [0.2, 0.25) is 5.91 Å². The van der Waals surface area contributed by atoms with Crippen LogP contribution in [0.1, 0.15) is 163 Å². The molecule has 2 aromatic carbocycles. The second-order valence-corrected chi connectivity index (χ2v) is 14.8. The van der Waals surface area contributed by atoms with Crippen molar-refractivity contribution in [1.82, 2.24) is 5.09 Å². The molecule has 0 aliphatic carbocycles. The predicted molar refractivity (Wildman–Crippen MR) is 163 cm³/mol. The van der Waals surface area contributed by atoms with E-state index in [1.165, 1.54) is 11.1 Å². The van der Waals surface area contributed by atoms with E-state index in [1.807, 2.05) is 0 Å². The van der Waals surface area contributed by atoms with Crippen molar-refractivity contribution in [2.24, 2.45) is 0 Å². The maximum absolute atomic E-state index is 13.6. The standard InChI is InChI=1S/C33H52NO3P/c1-19(2)25-13-27(21(5)6)31(28(14-25)22(7)8)17-33(35)34-38(36,37)18-32-29(23(9)10)15-26(20(3)4)16-30(32)24(11)12/h13-16,19-24H,17-18H2,1-12H3,(H2,34,35,36,37). The third kappa shape index (κ3) is 8.06. The van der Waals surface area contributed by atoms with Crippen LogP contribution in [0.3, 0.4) is 0 Å². The monoisotopic (exact) mass is 541 g/mol. The highest BCUT2D eigenvalue weighted by Gasteiger charge is 2.28. The van der Waals surface area contributed by atoms with Gasteiger partial charge >= 0.3 is 0 Å². The van der Waals surface area contributed by atoms with Gasteiger partial charge in [0.15, 0.2) is 0 Å². The smallest absolute Gasteiger partial charge is 0.297 e. The quantitative estimate of drug-likeness (QED) is 0.278. The fraction of sp³-hybridized carbons (Fsp3) is 0.606. The molecule has 0 aliphatic rings.